The number of hydrogen-bond acceptors (Lipinski definition) is 5. The average Bonchev–Trinajstić information content (AvgIpc) is 2.90. The molecular formula is C28H32FN3O5S. The second-order valence-corrected chi connectivity index (χ2v) is 10.7. The van der Waals surface area contributed by atoms with Crippen LogP contribution in [0.3, 0.4) is 0 Å². The van der Waals surface area contributed by atoms with Crippen molar-refractivity contribution in [2.24, 2.45) is 0 Å². The second-order valence-electron chi connectivity index (χ2n) is 8.79. The van der Waals surface area contributed by atoms with E-state index in [-0.39, 0.29) is 18.1 Å². The van der Waals surface area contributed by atoms with E-state index in [2.05, 4.69) is 5.32 Å². The molecule has 3 rings (SSSR count). The highest BCUT2D eigenvalue weighted by Crippen LogP contribution is 2.26. The van der Waals surface area contributed by atoms with Crippen LogP contribution in [-0.4, -0.2) is 50.5 Å². The minimum atomic E-state index is -3.86. The van der Waals surface area contributed by atoms with Crippen LogP contribution in [-0.2, 0) is 26.2 Å². The van der Waals surface area contributed by atoms with Gasteiger partial charge in [-0.15, -0.1) is 0 Å². The zero-order chi connectivity index (χ0) is 27.7. The summed E-state index contributed by atoms with van der Waals surface area (Å²) in [5.41, 5.74) is 0.870. The molecule has 0 fully saturated rings. The van der Waals surface area contributed by atoms with Gasteiger partial charge >= 0.3 is 0 Å². The predicted octanol–water partition coefficient (Wildman–Crippen LogP) is 4.33. The molecule has 0 spiro atoms. The van der Waals surface area contributed by atoms with Crippen molar-refractivity contribution < 1.29 is 27.1 Å². The van der Waals surface area contributed by atoms with Crippen LogP contribution in [0.15, 0.2) is 78.9 Å². The normalized spacial score (nSPS) is 11.9. The number of carbonyl (C=O) groups is 2. The van der Waals surface area contributed by atoms with Crippen molar-refractivity contribution in [1.82, 2.24) is 10.2 Å². The molecule has 0 heterocycles. The van der Waals surface area contributed by atoms with Crippen LogP contribution in [0.1, 0.15) is 25.8 Å². The molecule has 202 valence electrons. The smallest absolute Gasteiger partial charge is 0.244 e. The molecule has 0 saturated carbocycles. The predicted molar refractivity (Wildman–Crippen MR) is 145 cm³/mol. The maximum absolute atomic E-state index is 13.5. The second kappa shape index (κ2) is 13.0. The molecule has 8 nitrogen and oxygen atoms in total. The Bertz CT molecular complexity index is 1320. The lowest BCUT2D eigenvalue weighted by Gasteiger charge is -2.31. The number of nitrogens with zero attached hydrogens (tertiary/aromatic N) is 2. The summed E-state index contributed by atoms with van der Waals surface area (Å²) < 4.78 is 45.6. The van der Waals surface area contributed by atoms with Gasteiger partial charge in [0.25, 0.3) is 0 Å². The molecule has 0 radical (unpaired) electrons. The van der Waals surface area contributed by atoms with E-state index in [0.717, 1.165) is 17.0 Å². The fourth-order valence-electron chi connectivity index (χ4n) is 3.68. The summed E-state index contributed by atoms with van der Waals surface area (Å²) in [7, 11) is -3.86. The number of benzene rings is 3. The first-order valence-corrected chi connectivity index (χ1v) is 14.1. The summed E-state index contributed by atoms with van der Waals surface area (Å²) in [5, 5.41) is 2.77. The lowest BCUT2D eigenvalue weighted by Crippen LogP contribution is -2.51. The molecular weight excluding hydrogens is 509 g/mol. The van der Waals surface area contributed by atoms with E-state index in [1.165, 1.54) is 29.2 Å². The molecule has 0 aliphatic rings. The molecule has 0 aliphatic heterocycles. The summed E-state index contributed by atoms with van der Waals surface area (Å²) in [5.74, 6) is -0.247. The first-order chi connectivity index (χ1) is 18.1. The summed E-state index contributed by atoms with van der Waals surface area (Å²) >= 11 is 0. The first-order valence-electron chi connectivity index (χ1n) is 12.2. The van der Waals surface area contributed by atoms with Crippen LogP contribution in [0.5, 0.6) is 11.5 Å². The van der Waals surface area contributed by atoms with Gasteiger partial charge in [0.1, 0.15) is 29.9 Å². The van der Waals surface area contributed by atoms with Crippen LogP contribution in [0, 0.1) is 5.82 Å². The number of ether oxygens (including phenoxy) is 1. The van der Waals surface area contributed by atoms with E-state index in [4.69, 9.17) is 4.74 Å². The van der Waals surface area contributed by atoms with Crippen LogP contribution >= 0.6 is 0 Å². The van der Waals surface area contributed by atoms with Gasteiger partial charge in [-0.2, -0.15) is 0 Å². The molecule has 1 atom stereocenters. The van der Waals surface area contributed by atoms with E-state index >= 15 is 0 Å². The van der Waals surface area contributed by atoms with Crippen LogP contribution in [0.2, 0.25) is 0 Å². The van der Waals surface area contributed by atoms with Crippen molar-refractivity contribution in [2.45, 2.75) is 32.9 Å². The Kier molecular flexibility index (Phi) is 9.84. The number of anilines is 1. The Morgan fingerprint density at radius 2 is 1.55 bits per heavy atom. The zero-order valence-electron chi connectivity index (χ0n) is 21.6. The third kappa shape index (κ3) is 8.04. The van der Waals surface area contributed by atoms with Gasteiger partial charge < -0.3 is 15.0 Å². The van der Waals surface area contributed by atoms with Crippen molar-refractivity contribution in [2.75, 3.05) is 23.7 Å². The number of carbonyl (C=O) groups excluding carboxylic acids is 2. The van der Waals surface area contributed by atoms with Gasteiger partial charge in [-0.3, -0.25) is 13.9 Å². The molecule has 0 aromatic heterocycles. The van der Waals surface area contributed by atoms with E-state index in [1.807, 2.05) is 25.1 Å². The van der Waals surface area contributed by atoms with Crippen LogP contribution in [0.4, 0.5) is 10.1 Å². The number of amides is 2. The summed E-state index contributed by atoms with van der Waals surface area (Å²) in [6.07, 6.45) is 1.73. The third-order valence-corrected chi connectivity index (χ3v) is 6.91. The zero-order valence-corrected chi connectivity index (χ0v) is 22.4. The van der Waals surface area contributed by atoms with Crippen LogP contribution in [0.25, 0.3) is 0 Å². The lowest BCUT2D eigenvalue weighted by atomic mass is 10.1. The summed E-state index contributed by atoms with van der Waals surface area (Å²) in [4.78, 5) is 27.5. The molecule has 0 aliphatic carbocycles. The fraction of sp³-hybridized carbons (Fsp3) is 0.286. The third-order valence-electron chi connectivity index (χ3n) is 5.77. The Morgan fingerprint density at radius 3 is 2.13 bits per heavy atom. The van der Waals surface area contributed by atoms with Crippen LogP contribution < -0.4 is 14.4 Å². The Morgan fingerprint density at radius 1 is 0.947 bits per heavy atom. The Balaban J connectivity index is 1.84. The summed E-state index contributed by atoms with van der Waals surface area (Å²) in [6, 6.07) is 20.1. The number of halogens is 1. The molecule has 3 aromatic carbocycles. The highest BCUT2D eigenvalue weighted by molar-refractivity contribution is 7.92. The van der Waals surface area contributed by atoms with Crippen molar-refractivity contribution >= 4 is 27.5 Å². The van der Waals surface area contributed by atoms with Crippen molar-refractivity contribution in [3.63, 3.8) is 0 Å². The van der Waals surface area contributed by atoms with Gasteiger partial charge in [-0.25, -0.2) is 12.8 Å². The Hall–Kier alpha value is -3.92. The Labute approximate surface area is 223 Å². The largest absolute Gasteiger partial charge is 0.457 e. The number of rotatable bonds is 12. The molecule has 1 N–H and O–H groups in total. The van der Waals surface area contributed by atoms with E-state index in [1.54, 1.807) is 43.3 Å². The van der Waals surface area contributed by atoms with E-state index in [9.17, 15) is 22.4 Å². The quantitative estimate of drug-likeness (QED) is 0.368. The maximum Gasteiger partial charge on any atom is 0.244 e. The maximum atomic E-state index is 13.5. The van der Waals surface area contributed by atoms with Gasteiger partial charge in [0.05, 0.1) is 11.9 Å². The van der Waals surface area contributed by atoms with Crippen molar-refractivity contribution in [3.05, 3.63) is 90.2 Å². The molecule has 3 aromatic rings. The molecule has 0 unspecified atom stereocenters. The highest BCUT2D eigenvalue weighted by Gasteiger charge is 2.30. The minimum absolute atomic E-state index is 0.00127. The number of nitrogens with one attached hydrogen (secondary N) is 1. The summed E-state index contributed by atoms with van der Waals surface area (Å²) in [6.45, 7) is 3.40. The van der Waals surface area contributed by atoms with E-state index < -0.39 is 34.3 Å². The molecule has 0 bridgehead atoms. The number of para-hydroxylation sites is 1. The molecule has 2 amide bonds. The van der Waals surface area contributed by atoms with Gasteiger partial charge in [-0.1, -0.05) is 37.3 Å². The van der Waals surface area contributed by atoms with E-state index in [0.29, 0.717) is 23.6 Å². The standard InChI is InChI=1S/C28H32FN3O5S/c1-4-18-30-28(34)21(2)31(19-22-10-12-23(29)13-11-22)27(33)20-32(38(3,35)36)24-14-16-26(17-15-24)37-25-8-6-5-7-9-25/h5-17,21H,4,18-20H2,1-3H3,(H,30,34)/t21-/m0/s1. The first kappa shape index (κ1) is 28.6. The van der Waals surface area contributed by atoms with Gasteiger partial charge in [0.15, 0.2) is 0 Å². The van der Waals surface area contributed by atoms with Crippen molar-refractivity contribution in [1.29, 1.82) is 0 Å². The SMILES string of the molecule is CCCNC(=O)[C@H](C)N(Cc1ccc(F)cc1)C(=O)CN(c1ccc(Oc2ccccc2)cc1)S(C)(=O)=O. The van der Waals surface area contributed by atoms with Gasteiger partial charge in [0.2, 0.25) is 21.8 Å². The lowest BCUT2D eigenvalue weighted by molar-refractivity contribution is -0.139. The average molecular weight is 542 g/mol. The molecule has 10 heteroatoms. The number of hydrogen-bond donors (Lipinski definition) is 1. The molecule has 0 saturated heterocycles. The number of sulfonamides is 1. The monoisotopic (exact) mass is 541 g/mol. The van der Waals surface area contributed by atoms with Crippen molar-refractivity contribution in [3.8, 4) is 11.5 Å². The minimum Gasteiger partial charge on any atom is -0.457 e. The highest BCUT2D eigenvalue weighted by atomic mass is 32.2. The fourth-order valence-corrected chi connectivity index (χ4v) is 4.53. The topological polar surface area (TPSA) is 96.0 Å². The molecule has 38 heavy (non-hydrogen) atoms. The van der Waals surface area contributed by atoms with Gasteiger partial charge in [0, 0.05) is 13.1 Å². The van der Waals surface area contributed by atoms with Gasteiger partial charge in [-0.05, 0) is 67.4 Å².